The summed E-state index contributed by atoms with van der Waals surface area (Å²) in [6, 6.07) is 24.7. The van der Waals surface area contributed by atoms with Crippen molar-refractivity contribution >= 4 is 28.3 Å². The molecule has 0 saturated carbocycles. The van der Waals surface area contributed by atoms with Gasteiger partial charge < -0.3 is 15.2 Å². The average molecular weight is 418 g/mol. The van der Waals surface area contributed by atoms with E-state index in [-0.39, 0.29) is 11.7 Å². The molecule has 30 heavy (non-hydrogen) atoms. The molecule has 0 aliphatic heterocycles. The van der Waals surface area contributed by atoms with E-state index in [1.807, 2.05) is 48.5 Å². The van der Waals surface area contributed by atoms with Gasteiger partial charge in [-0.15, -0.1) is 0 Å². The molecule has 4 rings (SSSR count). The van der Waals surface area contributed by atoms with Crippen molar-refractivity contribution in [3.8, 4) is 11.5 Å². The molecule has 0 saturated heterocycles. The summed E-state index contributed by atoms with van der Waals surface area (Å²) < 4.78 is 5.17. The molecule has 2 N–H and O–H groups in total. The van der Waals surface area contributed by atoms with E-state index in [4.69, 9.17) is 16.3 Å². The Morgan fingerprint density at radius 3 is 2.37 bits per heavy atom. The lowest BCUT2D eigenvalue weighted by Crippen LogP contribution is -2.29. The zero-order valence-corrected chi connectivity index (χ0v) is 17.1. The second kappa shape index (κ2) is 8.47. The van der Waals surface area contributed by atoms with Crippen LogP contribution in [0.25, 0.3) is 10.8 Å². The number of amides is 1. The molecule has 0 aliphatic rings. The van der Waals surface area contributed by atoms with Crippen LogP contribution < -0.4 is 10.1 Å². The van der Waals surface area contributed by atoms with Gasteiger partial charge in [-0.05, 0) is 52.7 Å². The number of ether oxygens (including phenoxy) is 1. The first-order valence-corrected chi connectivity index (χ1v) is 9.86. The van der Waals surface area contributed by atoms with Crippen LogP contribution in [0.4, 0.5) is 0 Å². The average Bonchev–Trinajstić information content (AvgIpc) is 2.78. The first kappa shape index (κ1) is 19.8. The maximum atomic E-state index is 13.1. The van der Waals surface area contributed by atoms with Crippen molar-refractivity contribution in [3.05, 3.63) is 107 Å². The Morgan fingerprint density at radius 1 is 0.933 bits per heavy atom. The number of benzene rings is 4. The number of hydrogen-bond donors (Lipinski definition) is 2. The molecule has 0 aromatic heterocycles. The van der Waals surface area contributed by atoms with Crippen LogP contribution in [0, 0.1) is 0 Å². The van der Waals surface area contributed by atoms with Crippen molar-refractivity contribution in [3.63, 3.8) is 0 Å². The van der Waals surface area contributed by atoms with Crippen molar-refractivity contribution in [1.82, 2.24) is 5.32 Å². The number of aromatic hydroxyl groups is 1. The third kappa shape index (κ3) is 3.82. The lowest BCUT2D eigenvalue weighted by Gasteiger charge is -2.23. The molecule has 4 aromatic carbocycles. The van der Waals surface area contributed by atoms with Crippen LogP contribution in [0.15, 0.2) is 84.9 Å². The summed E-state index contributed by atoms with van der Waals surface area (Å²) in [6.07, 6.45) is 0. The van der Waals surface area contributed by atoms with Crippen molar-refractivity contribution in [2.75, 3.05) is 7.11 Å². The Labute approximate surface area is 179 Å². The van der Waals surface area contributed by atoms with Crippen LogP contribution in [0.1, 0.15) is 27.5 Å². The van der Waals surface area contributed by atoms with E-state index in [2.05, 4.69) is 5.32 Å². The standard InChI is InChI=1S/C25H20ClNO3/c1-30-18-13-10-17(11-14-18)25(29)27-24(20-8-4-5-9-21(20)26)23-19-7-3-2-6-16(19)12-15-22(23)28/h2-15,24,28H,1H3,(H,27,29). The number of carbonyl (C=O) groups excluding carboxylic acids is 1. The molecule has 5 heteroatoms. The van der Waals surface area contributed by atoms with Gasteiger partial charge in [-0.3, -0.25) is 4.79 Å². The Bertz CT molecular complexity index is 1200. The summed E-state index contributed by atoms with van der Waals surface area (Å²) >= 11 is 6.49. The highest BCUT2D eigenvalue weighted by atomic mass is 35.5. The topological polar surface area (TPSA) is 58.6 Å². The van der Waals surface area contributed by atoms with Crippen LogP contribution in [0.2, 0.25) is 5.02 Å². The monoisotopic (exact) mass is 417 g/mol. The normalized spacial score (nSPS) is 11.8. The number of hydrogen-bond acceptors (Lipinski definition) is 3. The fourth-order valence-corrected chi connectivity index (χ4v) is 3.80. The van der Waals surface area contributed by atoms with Crippen molar-refractivity contribution in [2.45, 2.75) is 6.04 Å². The summed E-state index contributed by atoms with van der Waals surface area (Å²) in [4.78, 5) is 13.1. The van der Waals surface area contributed by atoms with Crippen LogP contribution in [-0.4, -0.2) is 18.1 Å². The van der Waals surface area contributed by atoms with E-state index >= 15 is 0 Å². The van der Waals surface area contributed by atoms with Gasteiger partial charge in [0.2, 0.25) is 0 Å². The largest absolute Gasteiger partial charge is 0.508 e. The minimum absolute atomic E-state index is 0.0913. The molecule has 0 spiro atoms. The predicted molar refractivity (Wildman–Crippen MR) is 119 cm³/mol. The number of phenolic OH excluding ortho intramolecular Hbond substituents is 1. The summed E-state index contributed by atoms with van der Waals surface area (Å²) in [5, 5.41) is 16.1. The smallest absolute Gasteiger partial charge is 0.252 e. The fraction of sp³-hybridized carbons (Fsp3) is 0.0800. The van der Waals surface area contributed by atoms with Crippen LogP contribution in [-0.2, 0) is 0 Å². The highest BCUT2D eigenvalue weighted by Gasteiger charge is 2.24. The first-order valence-electron chi connectivity index (χ1n) is 9.48. The molecule has 0 aliphatic carbocycles. The number of fused-ring (bicyclic) bond motifs is 1. The maximum absolute atomic E-state index is 13.1. The molecular formula is C25H20ClNO3. The van der Waals surface area contributed by atoms with E-state index in [0.717, 1.165) is 10.8 Å². The van der Waals surface area contributed by atoms with Gasteiger partial charge in [0.1, 0.15) is 11.5 Å². The molecule has 4 aromatic rings. The second-order valence-corrected chi connectivity index (χ2v) is 7.28. The molecule has 1 unspecified atom stereocenters. The molecular weight excluding hydrogens is 398 g/mol. The van der Waals surface area contributed by atoms with Crippen LogP contribution >= 0.6 is 11.6 Å². The Kier molecular flexibility index (Phi) is 5.59. The molecule has 0 fully saturated rings. The molecule has 0 radical (unpaired) electrons. The zero-order valence-electron chi connectivity index (χ0n) is 16.3. The predicted octanol–water partition coefficient (Wildman–Crippen LogP) is 5.73. The number of methoxy groups -OCH3 is 1. The summed E-state index contributed by atoms with van der Waals surface area (Å²) in [5.41, 5.74) is 1.78. The van der Waals surface area contributed by atoms with Gasteiger partial charge in [0.05, 0.1) is 13.2 Å². The first-order chi connectivity index (χ1) is 14.6. The summed E-state index contributed by atoms with van der Waals surface area (Å²) in [5.74, 6) is 0.476. The fourth-order valence-electron chi connectivity index (χ4n) is 3.56. The number of nitrogens with one attached hydrogen (secondary N) is 1. The van der Waals surface area contributed by atoms with Crippen molar-refractivity contribution in [2.24, 2.45) is 0 Å². The summed E-state index contributed by atoms with van der Waals surface area (Å²) in [6.45, 7) is 0. The number of halogens is 1. The number of rotatable bonds is 5. The highest BCUT2D eigenvalue weighted by Crippen LogP contribution is 2.38. The molecule has 4 nitrogen and oxygen atoms in total. The van der Waals surface area contributed by atoms with Crippen molar-refractivity contribution < 1.29 is 14.6 Å². The zero-order chi connectivity index (χ0) is 21.1. The Morgan fingerprint density at radius 2 is 1.63 bits per heavy atom. The lowest BCUT2D eigenvalue weighted by atomic mass is 9.92. The number of carbonyl (C=O) groups is 1. The van der Waals surface area contributed by atoms with E-state index in [0.29, 0.717) is 27.5 Å². The van der Waals surface area contributed by atoms with Gasteiger partial charge in [0, 0.05) is 16.1 Å². The van der Waals surface area contributed by atoms with Crippen LogP contribution in [0.5, 0.6) is 11.5 Å². The lowest BCUT2D eigenvalue weighted by molar-refractivity contribution is 0.0943. The second-order valence-electron chi connectivity index (χ2n) is 6.88. The van der Waals surface area contributed by atoms with Gasteiger partial charge in [-0.25, -0.2) is 0 Å². The number of phenols is 1. The highest BCUT2D eigenvalue weighted by molar-refractivity contribution is 6.31. The van der Waals surface area contributed by atoms with Crippen LogP contribution in [0.3, 0.4) is 0 Å². The molecule has 1 amide bonds. The van der Waals surface area contributed by atoms with Gasteiger partial charge in [-0.2, -0.15) is 0 Å². The van der Waals surface area contributed by atoms with Gasteiger partial charge in [-0.1, -0.05) is 60.1 Å². The molecule has 0 heterocycles. The van der Waals surface area contributed by atoms with Gasteiger partial charge >= 0.3 is 0 Å². The van der Waals surface area contributed by atoms with E-state index < -0.39 is 6.04 Å². The third-order valence-electron chi connectivity index (χ3n) is 5.08. The van der Waals surface area contributed by atoms with Crippen molar-refractivity contribution in [1.29, 1.82) is 0 Å². The molecule has 0 bridgehead atoms. The summed E-state index contributed by atoms with van der Waals surface area (Å²) in [7, 11) is 1.58. The van der Waals surface area contributed by atoms with E-state index in [1.54, 1.807) is 43.5 Å². The van der Waals surface area contributed by atoms with E-state index in [9.17, 15) is 9.90 Å². The third-order valence-corrected chi connectivity index (χ3v) is 5.42. The molecule has 1 atom stereocenters. The Balaban J connectivity index is 1.83. The van der Waals surface area contributed by atoms with Gasteiger partial charge in [0.15, 0.2) is 0 Å². The minimum Gasteiger partial charge on any atom is -0.508 e. The Hall–Kier alpha value is -3.50. The minimum atomic E-state index is -0.639. The van der Waals surface area contributed by atoms with Gasteiger partial charge in [0.25, 0.3) is 5.91 Å². The maximum Gasteiger partial charge on any atom is 0.252 e. The van der Waals surface area contributed by atoms with E-state index in [1.165, 1.54) is 0 Å². The molecule has 150 valence electrons. The quantitative estimate of drug-likeness (QED) is 0.436. The SMILES string of the molecule is COc1ccc(C(=O)NC(c2ccccc2Cl)c2c(O)ccc3ccccc23)cc1.